The van der Waals surface area contributed by atoms with Gasteiger partial charge < -0.3 is 45.0 Å². The Morgan fingerprint density at radius 2 is 0.806 bits per heavy atom. The minimum atomic E-state index is -1.98. The summed E-state index contributed by atoms with van der Waals surface area (Å²) in [6.07, 6.45) is 10.3. The highest BCUT2D eigenvalue weighted by molar-refractivity contribution is 6.59. The van der Waals surface area contributed by atoms with Crippen molar-refractivity contribution in [1.29, 1.82) is 0 Å². The monoisotopic (exact) mass is 1720 g/mol. The second kappa shape index (κ2) is 38.7. The lowest BCUT2D eigenvalue weighted by Gasteiger charge is -2.44. The molecule has 0 aliphatic carbocycles. The highest BCUT2D eigenvalue weighted by Gasteiger charge is 2.37. The van der Waals surface area contributed by atoms with E-state index in [1.807, 2.05) is 92.0 Å². The Morgan fingerprint density at radius 1 is 0.460 bits per heavy atom. The van der Waals surface area contributed by atoms with Crippen molar-refractivity contribution in [2.24, 2.45) is 11.8 Å². The number of piperazine rings is 1. The topological polar surface area (TPSA) is 313 Å². The summed E-state index contributed by atoms with van der Waals surface area (Å²) in [7, 11) is -1.98. The zero-order valence-corrected chi connectivity index (χ0v) is 71.0. The Bertz CT molecular complexity index is 6180. The van der Waals surface area contributed by atoms with Gasteiger partial charge in [0.25, 0.3) is 0 Å². The molecule has 0 spiro atoms. The van der Waals surface area contributed by atoms with Crippen LogP contribution in [0.5, 0.6) is 17.2 Å². The molecule has 0 saturated carbocycles. The Morgan fingerprint density at radius 3 is 1.15 bits per heavy atom. The number of rotatable bonds is 13. The van der Waals surface area contributed by atoms with Crippen LogP contribution < -0.4 is 37.2 Å². The molecule has 12 aromatic rings. The molecule has 9 aromatic heterocycles. The summed E-state index contributed by atoms with van der Waals surface area (Å²) < 4.78 is 92.6. The number of aromatic nitrogens is 12. The number of piperidine rings is 2. The van der Waals surface area contributed by atoms with Crippen molar-refractivity contribution in [2.75, 3.05) is 40.9 Å². The Balaban J connectivity index is 0.000000183. The number of halogens is 7. The van der Waals surface area contributed by atoms with E-state index in [2.05, 4.69) is 84.0 Å². The first-order valence-electron chi connectivity index (χ1n) is 40.3. The molecule has 1 amide bonds. The van der Waals surface area contributed by atoms with Gasteiger partial charge in [-0.15, -0.1) is 0 Å². The molecule has 5 N–H and O–H groups in total. The van der Waals surface area contributed by atoms with E-state index < -0.39 is 93.1 Å². The van der Waals surface area contributed by atoms with Crippen LogP contribution in [0, 0.1) is 67.5 Å². The van der Waals surface area contributed by atoms with Crippen molar-refractivity contribution >= 4 is 80.6 Å². The number of carbonyl (C=O) groups excluding carboxylic acids is 1. The van der Waals surface area contributed by atoms with E-state index in [9.17, 15) is 47.0 Å². The number of amides is 1. The normalized spacial score (nSPS) is 17.1. The number of aryl methyl sites for hydroxylation is 3. The standard InChI is InChI=1S/C31H32F2N6O3.C29H31F2N5O2.C23H27ClFN5O.C6H6BFO3.2CH4/c1-7-24(41)37-14-19(6)38(15-18(37)5)29-20-13-22(33)27(25-21(32)9-8-10-23(25)40)35-30(20)39(31(42)36-29)28-17(4)11-12-34-26(28)16(2)3;1-15(2)24-26(17(4)11-12-32-24)36-28-19(27(34-29(36)38)35-14-16(3)9-10-18(35)5)13-21(31)25(33-28)23-20(30)7-6-8-22(23)37;1-12(2)18-19(14(4)8-9-26-18)30-22-16(10-17(25)20(24)27-22)21(28-23(30)31)29-11-13(3)6-7-15(29)5;8-4-2-1-3-5(9)6(4)7(10)11;;/h7-13,16,18-19,40H,1,14-15H2,2-6H3;6-8,11-13,15-16,18,37H,9-10,14H2,1-5H3;8-10,12-13,15H,6-7,11H2,1-5H3;1-3,9-11H;2*1H4/t18-,19+;16-,18-;13-,15-;;;/m100.../s1. The summed E-state index contributed by atoms with van der Waals surface area (Å²) in [6.45, 7) is 35.3. The molecule has 12 heterocycles. The quantitative estimate of drug-likeness (QED) is 0.0310. The molecule has 3 aromatic carbocycles. The van der Waals surface area contributed by atoms with Crippen molar-refractivity contribution in [2.45, 2.75) is 186 Å². The predicted octanol–water partition coefficient (Wildman–Crippen LogP) is 16.3. The summed E-state index contributed by atoms with van der Waals surface area (Å²) in [5.41, 5.74) is 2.56. The number of benzene rings is 3. The van der Waals surface area contributed by atoms with Gasteiger partial charge in [0.1, 0.15) is 63.5 Å². The van der Waals surface area contributed by atoms with Gasteiger partial charge in [-0.05, 0) is 199 Å². The number of anilines is 3. The maximum atomic E-state index is 15.9. The molecule has 0 radical (unpaired) electrons. The van der Waals surface area contributed by atoms with E-state index in [0.717, 1.165) is 67.2 Å². The molecular weight excluding hydrogens is 1620 g/mol. The molecule has 15 rings (SSSR count). The molecule has 124 heavy (non-hydrogen) atoms. The summed E-state index contributed by atoms with van der Waals surface area (Å²) in [4.78, 5) is 102. The zero-order chi connectivity index (χ0) is 88.6. The van der Waals surface area contributed by atoms with Crippen molar-refractivity contribution in [1.82, 2.24) is 63.5 Å². The SMILES string of the molecule is C.C.C=CC(=O)N1C[C@H](C)N(c2nc(=O)n(-c3c(C)ccnc3C(C)C)c3nc(-c4c(O)cccc4F)c(F)cc23)C[C@H]1C.Cc1ccnc(C(C)C)c1-n1c(=O)nc(N2C[C@@H](C)CC[C@@H]2C)c2cc(F)c(-c3c(O)cccc3F)nc21.Cc1ccnc(C(C)C)c1-n1c(=O)nc(N2C[C@@H](C)CC[C@@H]2C)c2cc(F)c(Cl)nc21.OB(O)c1c(O)cccc1F. The number of nitrogens with zero attached hydrogens (tertiary/aromatic N) is 16. The number of phenols is 3. The second-order valence-corrected chi connectivity index (χ2v) is 32.8. The third-order valence-electron chi connectivity index (χ3n) is 22.4. The number of hydrogen-bond acceptors (Lipinski definition) is 21. The van der Waals surface area contributed by atoms with Crippen molar-refractivity contribution in [3.05, 3.63) is 228 Å². The third kappa shape index (κ3) is 18.7. The van der Waals surface area contributed by atoms with Gasteiger partial charge in [0.15, 0.2) is 39.5 Å². The van der Waals surface area contributed by atoms with Gasteiger partial charge in [0.05, 0.1) is 66.9 Å². The van der Waals surface area contributed by atoms with Crippen LogP contribution in [0.1, 0.15) is 175 Å². The number of hydrogen-bond donors (Lipinski definition) is 5. The lowest BCUT2D eigenvalue weighted by atomic mass is 9.79. The smallest absolute Gasteiger partial charge is 0.495 e. The number of phenolic OH excluding ortho intramolecular Hbond substituents is 3. The molecule has 25 nitrogen and oxygen atoms in total. The van der Waals surface area contributed by atoms with Crippen molar-refractivity contribution in [3.63, 3.8) is 0 Å². The van der Waals surface area contributed by atoms with E-state index in [1.165, 1.54) is 74.4 Å². The number of aromatic hydroxyl groups is 3. The average molecular weight is 1730 g/mol. The molecule has 3 aliphatic heterocycles. The van der Waals surface area contributed by atoms with Crippen LogP contribution in [0.2, 0.25) is 5.15 Å². The largest absolute Gasteiger partial charge is 0.508 e. The van der Waals surface area contributed by atoms with Gasteiger partial charge in [-0.1, -0.05) is 107 Å². The highest BCUT2D eigenvalue weighted by Crippen LogP contribution is 2.42. The average Bonchev–Trinajstić information content (AvgIpc) is 0.724. The van der Waals surface area contributed by atoms with E-state index in [0.29, 0.717) is 93.5 Å². The Labute approximate surface area is 720 Å². The fourth-order valence-corrected chi connectivity index (χ4v) is 16.2. The zero-order valence-electron chi connectivity index (χ0n) is 70.3. The number of pyridine rings is 6. The van der Waals surface area contributed by atoms with E-state index in [-0.39, 0.29) is 102 Å². The summed E-state index contributed by atoms with van der Waals surface area (Å²) >= 11 is 6.08. The summed E-state index contributed by atoms with van der Waals surface area (Å²) in [5, 5.41) is 47.6. The van der Waals surface area contributed by atoms with Crippen LogP contribution in [-0.2, 0) is 4.79 Å². The summed E-state index contributed by atoms with van der Waals surface area (Å²) in [6, 6.07) is 19.7. The maximum absolute atomic E-state index is 15.9. The molecule has 33 heteroatoms. The van der Waals surface area contributed by atoms with Crippen LogP contribution in [-0.4, -0.2) is 152 Å². The van der Waals surface area contributed by atoms with Gasteiger partial charge in [0, 0.05) is 68.9 Å². The molecule has 654 valence electrons. The lowest BCUT2D eigenvalue weighted by Crippen LogP contribution is -2.58. The number of carbonyl (C=O) groups is 1. The molecule has 6 atom stereocenters. The van der Waals surface area contributed by atoms with Crippen LogP contribution >= 0.6 is 11.6 Å². The first-order chi connectivity index (χ1) is 57.8. The minimum absolute atomic E-state index is 0. The van der Waals surface area contributed by atoms with E-state index >= 15 is 8.78 Å². The Hall–Kier alpha value is -12.2. The van der Waals surface area contributed by atoms with Gasteiger partial charge in [-0.2, -0.15) is 15.0 Å². The van der Waals surface area contributed by atoms with Crippen LogP contribution in [0.4, 0.5) is 43.8 Å². The van der Waals surface area contributed by atoms with Gasteiger partial charge in [0.2, 0.25) is 5.91 Å². The second-order valence-electron chi connectivity index (χ2n) is 32.4. The first kappa shape index (κ1) is 94.1. The molecule has 3 aliphatic rings. The molecule has 3 saturated heterocycles. The Kier molecular flexibility index (Phi) is 29.4. The van der Waals surface area contributed by atoms with Crippen LogP contribution in [0.25, 0.3) is 72.7 Å². The first-order valence-corrected chi connectivity index (χ1v) is 40.7. The van der Waals surface area contributed by atoms with E-state index in [4.69, 9.17) is 26.8 Å². The van der Waals surface area contributed by atoms with Crippen molar-refractivity contribution < 1.29 is 56.5 Å². The highest BCUT2D eigenvalue weighted by atomic mass is 35.5. The lowest BCUT2D eigenvalue weighted by molar-refractivity contribution is -0.128. The molecule has 3 fully saturated rings. The van der Waals surface area contributed by atoms with Crippen molar-refractivity contribution in [3.8, 4) is 56.8 Å². The molecular formula is C91H104BClF6N16O9. The third-order valence-corrected chi connectivity index (χ3v) is 22.6. The van der Waals surface area contributed by atoms with E-state index in [1.54, 1.807) is 35.6 Å². The fraction of sp³-hybridized carbons (Fsp3) is 0.374. The predicted molar refractivity (Wildman–Crippen MR) is 474 cm³/mol. The fourth-order valence-electron chi connectivity index (χ4n) is 16.1. The van der Waals surface area contributed by atoms with Gasteiger partial charge in [-0.25, -0.2) is 69.4 Å². The maximum Gasteiger partial charge on any atom is 0.495 e. The van der Waals surface area contributed by atoms with Gasteiger partial charge in [-0.3, -0.25) is 19.7 Å². The van der Waals surface area contributed by atoms with Crippen LogP contribution in [0.3, 0.4) is 0 Å². The van der Waals surface area contributed by atoms with Crippen LogP contribution in [0.15, 0.2) is 137 Å². The van der Waals surface area contributed by atoms with Gasteiger partial charge >= 0.3 is 24.2 Å². The number of fused-ring (bicyclic) bond motifs is 3. The molecule has 0 bridgehead atoms. The minimum Gasteiger partial charge on any atom is -0.508 e. The molecule has 0 unspecified atom stereocenters. The summed E-state index contributed by atoms with van der Waals surface area (Å²) in [5.74, 6) is -4.71.